The summed E-state index contributed by atoms with van der Waals surface area (Å²) >= 11 is 5.93. The molecule has 1 aliphatic carbocycles. The summed E-state index contributed by atoms with van der Waals surface area (Å²) in [5, 5.41) is 9.51. The van der Waals surface area contributed by atoms with Crippen LogP contribution in [0.1, 0.15) is 54.7 Å². The largest absolute Gasteiger partial charge is 0.366 e. The van der Waals surface area contributed by atoms with Crippen molar-refractivity contribution >= 4 is 29.9 Å². The molecule has 3 nitrogen and oxygen atoms in total. The lowest BCUT2D eigenvalue weighted by Crippen LogP contribution is -2.32. The molecule has 5 heteroatoms. The Morgan fingerprint density at radius 2 is 2.21 bits per heavy atom. The van der Waals surface area contributed by atoms with Crippen LogP contribution in [-0.4, -0.2) is 19.2 Å². The Hall–Kier alpha value is -1.48. The van der Waals surface area contributed by atoms with Crippen molar-refractivity contribution in [2.24, 2.45) is 5.41 Å². The van der Waals surface area contributed by atoms with Crippen LogP contribution in [0.5, 0.6) is 0 Å². The van der Waals surface area contributed by atoms with Gasteiger partial charge in [-0.15, -0.1) is 11.3 Å². The number of benzene rings is 1. The van der Waals surface area contributed by atoms with Gasteiger partial charge in [0.25, 0.3) is 0 Å². The van der Waals surface area contributed by atoms with Gasteiger partial charge in [0.05, 0.1) is 24.3 Å². The van der Waals surface area contributed by atoms with Crippen molar-refractivity contribution in [1.29, 1.82) is 5.26 Å². The maximum atomic E-state index is 9.51. The van der Waals surface area contributed by atoms with E-state index in [1.165, 1.54) is 39.4 Å². The second-order valence-corrected chi connectivity index (χ2v) is 10.3. The van der Waals surface area contributed by atoms with E-state index in [1.54, 1.807) is 5.56 Å². The van der Waals surface area contributed by atoms with E-state index in [-0.39, 0.29) is 0 Å². The van der Waals surface area contributed by atoms with E-state index < -0.39 is 0 Å². The standard InChI is InChI=1S/C23H28N2OS2/c1-15-19-12-23(2,3)9-8-21(19)28-22(15)18-11-16(13-24)6-7-20(18)25-10-4-5-17(25)14-26-27/h6-7,11,17,27H,4-5,8-10,12,14H2,1-3H3/t17-/m0/s1. The van der Waals surface area contributed by atoms with E-state index in [1.807, 2.05) is 17.4 Å². The van der Waals surface area contributed by atoms with E-state index >= 15 is 0 Å². The lowest BCUT2D eigenvalue weighted by atomic mass is 9.76. The predicted molar refractivity (Wildman–Crippen MR) is 120 cm³/mol. The summed E-state index contributed by atoms with van der Waals surface area (Å²) in [6, 6.07) is 8.84. The lowest BCUT2D eigenvalue weighted by Gasteiger charge is -2.29. The van der Waals surface area contributed by atoms with Gasteiger partial charge in [0.2, 0.25) is 0 Å². The van der Waals surface area contributed by atoms with Gasteiger partial charge in [-0.3, -0.25) is 0 Å². The summed E-state index contributed by atoms with van der Waals surface area (Å²) in [7, 11) is 0. The Balaban J connectivity index is 1.82. The minimum Gasteiger partial charge on any atom is -0.366 e. The molecule has 0 bridgehead atoms. The second-order valence-electron chi connectivity index (χ2n) is 8.93. The molecule has 0 radical (unpaired) electrons. The molecule has 2 aromatic rings. The van der Waals surface area contributed by atoms with Crippen molar-refractivity contribution in [3.63, 3.8) is 0 Å². The number of anilines is 1. The van der Waals surface area contributed by atoms with Gasteiger partial charge in [-0.05, 0) is 86.7 Å². The molecular formula is C23H28N2OS2. The minimum atomic E-state index is 0.345. The topological polar surface area (TPSA) is 36.3 Å². The van der Waals surface area contributed by atoms with Crippen LogP contribution in [0.3, 0.4) is 0 Å². The van der Waals surface area contributed by atoms with Crippen LogP contribution < -0.4 is 4.90 Å². The van der Waals surface area contributed by atoms with Crippen LogP contribution in [-0.2, 0) is 17.0 Å². The molecule has 0 spiro atoms. The summed E-state index contributed by atoms with van der Waals surface area (Å²) in [5.74, 6) is 0. The van der Waals surface area contributed by atoms with Gasteiger partial charge in [-0.25, -0.2) is 0 Å². The van der Waals surface area contributed by atoms with Gasteiger partial charge in [-0.1, -0.05) is 13.8 Å². The smallest absolute Gasteiger partial charge is 0.0991 e. The maximum absolute atomic E-state index is 9.51. The first-order valence-electron chi connectivity index (χ1n) is 10.1. The van der Waals surface area contributed by atoms with Crippen LogP contribution in [0.25, 0.3) is 10.4 Å². The van der Waals surface area contributed by atoms with E-state index in [2.05, 4.69) is 56.8 Å². The number of hydrogen-bond acceptors (Lipinski definition) is 5. The number of thiophene rings is 1. The lowest BCUT2D eigenvalue weighted by molar-refractivity contribution is 0.317. The molecule has 1 atom stereocenters. The molecule has 4 rings (SSSR count). The zero-order valence-corrected chi connectivity index (χ0v) is 18.6. The minimum absolute atomic E-state index is 0.345. The van der Waals surface area contributed by atoms with Crippen molar-refractivity contribution in [2.75, 3.05) is 18.1 Å². The highest BCUT2D eigenvalue weighted by Crippen LogP contribution is 2.47. The SMILES string of the molecule is Cc1c(-c2cc(C#N)ccc2N2CCC[C@H]2COS)sc2c1CC(C)(C)CC2. The summed E-state index contributed by atoms with van der Waals surface area (Å²) < 4.78 is 5.18. The molecule has 148 valence electrons. The molecule has 1 aromatic carbocycles. The van der Waals surface area contributed by atoms with Gasteiger partial charge in [0, 0.05) is 27.5 Å². The fourth-order valence-electron chi connectivity index (χ4n) is 4.77. The zero-order chi connectivity index (χ0) is 19.9. The quantitative estimate of drug-likeness (QED) is 0.499. The fourth-order valence-corrected chi connectivity index (χ4v) is 6.29. The number of aryl methyl sites for hydroxylation is 1. The van der Waals surface area contributed by atoms with Crippen LogP contribution >= 0.6 is 24.2 Å². The van der Waals surface area contributed by atoms with Gasteiger partial charge in [0.1, 0.15) is 0 Å². The van der Waals surface area contributed by atoms with Crippen LogP contribution in [0.2, 0.25) is 0 Å². The number of nitriles is 1. The molecule has 28 heavy (non-hydrogen) atoms. The number of thiol groups is 1. The monoisotopic (exact) mass is 412 g/mol. The van der Waals surface area contributed by atoms with Crippen LogP contribution in [0.4, 0.5) is 5.69 Å². The molecular weight excluding hydrogens is 384 g/mol. The molecule has 0 saturated carbocycles. The molecule has 1 aliphatic heterocycles. The summed E-state index contributed by atoms with van der Waals surface area (Å²) in [5.41, 5.74) is 6.49. The van der Waals surface area contributed by atoms with E-state index in [4.69, 9.17) is 4.18 Å². The highest BCUT2D eigenvalue weighted by atomic mass is 32.1. The number of hydrogen-bond donors (Lipinski definition) is 1. The van der Waals surface area contributed by atoms with E-state index in [0.717, 1.165) is 31.4 Å². The third-order valence-electron chi connectivity index (χ3n) is 6.36. The number of rotatable bonds is 4. The van der Waals surface area contributed by atoms with Crippen molar-refractivity contribution in [2.45, 2.75) is 58.9 Å². The number of fused-ring (bicyclic) bond motifs is 1. The Morgan fingerprint density at radius 1 is 1.39 bits per heavy atom. The predicted octanol–water partition coefficient (Wildman–Crippen LogP) is 5.94. The molecule has 0 N–H and O–H groups in total. The van der Waals surface area contributed by atoms with Crippen molar-refractivity contribution in [3.8, 4) is 16.5 Å². The first-order chi connectivity index (χ1) is 13.4. The number of nitrogens with zero attached hydrogens (tertiary/aromatic N) is 2. The van der Waals surface area contributed by atoms with Crippen molar-refractivity contribution in [1.82, 2.24) is 0 Å². The van der Waals surface area contributed by atoms with Crippen molar-refractivity contribution in [3.05, 3.63) is 39.8 Å². The summed E-state index contributed by atoms with van der Waals surface area (Å²) in [6.07, 6.45) is 5.85. The second kappa shape index (κ2) is 7.74. The summed E-state index contributed by atoms with van der Waals surface area (Å²) in [4.78, 5) is 5.33. The van der Waals surface area contributed by atoms with Gasteiger partial charge in [0.15, 0.2) is 0 Å². The molecule has 0 amide bonds. The molecule has 1 fully saturated rings. The third-order valence-corrected chi connectivity index (χ3v) is 7.94. The van der Waals surface area contributed by atoms with Gasteiger partial charge < -0.3 is 9.08 Å². The molecule has 1 aromatic heterocycles. The third kappa shape index (κ3) is 3.58. The van der Waals surface area contributed by atoms with Crippen LogP contribution in [0.15, 0.2) is 18.2 Å². The van der Waals surface area contributed by atoms with Crippen LogP contribution in [0, 0.1) is 23.7 Å². The average Bonchev–Trinajstić information content (AvgIpc) is 3.26. The van der Waals surface area contributed by atoms with Crippen molar-refractivity contribution < 1.29 is 4.18 Å². The highest BCUT2D eigenvalue weighted by Gasteiger charge is 2.31. The Kier molecular flexibility index (Phi) is 5.48. The first-order valence-corrected chi connectivity index (χ1v) is 11.3. The van der Waals surface area contributed by atoms with Gasteiger partial charge in [-0.2, -0.15) is 5.26 Å². The Bertz CT molecular complexity index is 925. The molecule has 0 unspecified atom stereocenters. The highest BCUT2D eigenvalue weighted by molar-refractivity contribution is 7.75. The first kappa shape index (κ1) is 19.8. The van der Waals surface area contributed by atoms with Gasteiger partial charge >= 0.3 is 0 Å². The average molecular weight is 413 g/mol. The molecule has 2 aliphatic rings. The Labute approximate surface area is 177 Å². The Morgan fingerprint density at radius 3 is 2.96 bits per heavy atom. The summed E-state index contributed by atoms with van der Waals surface area (Å²) in [6.45, 7) is 8.67. The maximum Gasteiger partial charge on any atom is 0.0991 e. The zero-order valence-electron chi connectivity index (χ0n) is 16.9. The molecule has 1 saturated heterocycles. The van der Waals surface area contributed by atoms with E-state index in [0.29, 0.717) is 18.1 Å². The molecule has 2 heterocycles. The van der Waals surface area contributed by atoms with E-state index in [9.17, 15) is 5.26 Å². The normalized spacial score (nSPS) is 20.8. The fraction of sp³-hybridized carbons (Fsp3) is 0.522.